The van der Waals surface area contributed by atoms with Gasteiger partial charge in [-0.15, -0.1) is 10.2 Å². The van der Waals surface area contributed by atoms with Crippen molar-refractivity contribution in [2.45, 2.75) is 59.2 Å². The molecule has 2 aromatic carbocycles. The number of aliphatic hydroxyl groups excluding tert-OH is 1. The summed E-state index contributed by atoms with van der Waals surface area (Å²) >= 11 is 6.77. The second kappa shape index (κ2) is 13.8. The zero-order valence-corrected chi connectivity index (χ0v) is 25.1. The van der Waals surface area contributed by atoms with Crippen molar-refractivity contribution in [1.82, 2.24) is 40.1 Å². The Labute approximate surface area is 251 Å². The number of aliphatic hydroxyl groups is 1. The number of aryl methyl sites for hydroxylation is 1. The Balaban J connectivity index is 1.54. The van der Waals surface area contributed by atoms with E-state index in [0.717, 1.165) is 72.7 Å². The largest absolute Gasteiger partial charge is 0.380 e. The number of unbranched alkanes of at least 4 members (excludes halogenated alkanes) is 1. The van der Waals surface area contributed by atoms with Crippen LogP contribution >= 0.6 is 11.6 Å². The number of H-pyrrole nitrogens is 1. The maximum Gasteiger partial charge on any atom is 0.205 e. The Kier molecular flexibility index (Phi) is 9.74. The van der Waals surface area contributed by atoms with Gasteiger partial charge in [0, 0.05) is 25.1 Å². The molecule has 0 saturated heterocycles. The Morgan fingerprint density at radius 2 is 1.76 bits per heavy atom. The van der Waals surface area contributed by atoms with Crippen molar-refractivity contribution in [1.29, 1.82) is 0 Å². The first-order valence-electron chi connectivity index (χ1n) is 14.6. The predicted octanol–water partition coefficient (Wildman–Crippen LogP) is 6.09. The van der Waals surface area contributed by atoms with Crippen molar-refractivity contribution in [2.24, 2.45) is 0 Å². The van der Waals surface area contributed by atoms with E-state index in [-0.39, 0.29) is 0 Å². The fourth-order valence-corrected chi connectivity index (χ4v) is 5.50. The highest BCUT2D eigenvalue weighted by molar-refractivity contribution is 6.30. The highest BCUT2D eigenvalue weighted by Gasteiger charge is 2.25. The molecule has 42 heavy (non-hydrogen) atoms. The number of benzene rings is 2. The molecule has 10 heteroatoms. The molecule has 0 aliphatic rings. The normalized spacial score (nSPS) is 12.2. The molecule has 218 valence electrons. The Morgan fingerprint density at radius 3 is 2.48 bits per heavy atom. The van der Waals surface area contributed by atoms with E-state index in [1.54, 1.807) is 0 Å². The van der Waals surface area contributed by atoms with Gasteiger partial charge in [0.1, 0.15) is 11.9 Å². The van der Waals surface area contributed by atoms with E-state index in [9.17, 15) is 5.11 Å². The Bertz CT molecular complexity index is 1580. The van der Waals surface area contributed by atoms with E-state index in [0.29, 0.717) is 28.9 Å². The van der Waals surface area contributed by atoms with Crippen LogP contribution in [0.2, 0.25) is 5.15 Å². The van der Waals surface area contributed by atoms with E-state index in [4.69, 9.17) is 21.6 Å². The summed E-state index contributed by atoms with van der Waals surface area (Å²) in [5.41, 5.74) is 5.93. The lowest BCUT2D eigenvalue weighted by Crippen LogP contribution is -2.23. The molecule has 0 radical (unpaired) electrons. The number of aromatic amines is 1. The molecule has 1 atom stereocenters. The van der Waals surface area contributed by atoms with Crippen LogP contribution in [0.1, 0.15) is 68.2 Å². The number of hydrogen-bond acceptors (Lipinski definition) is 7. The van der Waals surface area contributed by atoms with Gasteiger partial charge < -0.3 is 9.67 Å². The van der Waals surface area contributed by atoms with Gasteiger partial charge in [-0.2, -0.15) is 5.21 Å². The predicted molar refractivity (Wildman–Crippen MR) is 165 cm³/mol. The quantitative estimate of drug-likeness (QED) is 0.172. The third kappa shape index (κ3) is 6.59. The van der Waals surface area contributed by atoms with Gasteiger partial charge in [-0.3, -0.25) is 9.88 Å². The standard InChI is InChI=1S/C32H37ClN8O/c1-4-7-16-28-35-31(33)29(30(42)27-15-11-14-24(34-27)21-40(5-2)6-3)41(28)20-22-17-18-25(23-12-9-8-10-13-23)26(19-22)32-36-38-39-37-32/h8-15,17-19,30,42H,4-7,16,20-21H2,1-3H3,(H,36,37,38,39). The summed E-state index contributed by atoms with van der Waals surface area (Å²) in [6.07, 6.45) is 1.70. The number of tetrazole rings is 1. The van der Waals surface area contributed by atoms with E-state index in [2.05, 4.69) is 76.6 Å². The fourth-order valence-electron chi connectivity index (χ4n) is 5.20. The molecule has 2 N–H and O–H groups in total. The second-order valence-electron chi connectivity index (χ2n) is 10.3. The maximum absolute atomic E-state index is 11.7. The van der Waals surface area contributed by atoms with Crippen LogP contribution in [0.5, 0.6) is 0 Å². The zero-order valence-electron chi connectivity index (χ0n) is 24.3. The summed E-state index contributed by atoms with van der Waals surface area (Å²) in [6, 6.07) is 22.2. The number of halogens is 1. The Hall–Kier alpha value is -3.92. The minimum absolute atomic E-state index is 0.295. The summed E-state index contributed by atoms with van der Waals surface area (Å²) in [5, 5.41) is 26.9. The molecule has 9 nitrogen and oxygen atoms in total. The van der Waals surface area contributed by atoms with Gasteiger partial charge >= 0.3 is 0 Å². The van der Waals surface area contributed by atoms with Gasteiger partial charge in [0.15, 0.2) is 5.15 Å². The van der Waals surface area contributed by atoms with Crippen molar-refractivity contribution in [3.63, 3.8) is 0 Å². The van der Waals surface area contributed by atoms with Crippen LogP contribution in [-0.4, -0.2) is 58.3 Å². The third-order valence-electron chi connectivity index (χ3n) is 7.54. The minimum Gasteiger partial charge on any atom is -0.380 e. The number of imidazole rings is 1. The molecular weight excluding hydrogens is 548 g/mol. The van der Waals surface area contributed by atoms with Crippen LogP contribution in [0.4, 0.5) is 0 Å². The SMILES string of the molecule is CCCCc1nc(Cl)c(C(O)c2cccc(CN(CC)CC)n2)n1Cc1ccc(-c2ccccc2)c(-c2nn[nH]n2)c1. The lowest BCUT2D eigenvalue weighted by atomic mass is 9.97. The number of nitrogens with one attached hydrogen (secondary N) is 1. The van der Waals surface area contributed by atoms with E-state index in [1.807, 2.05) is 41.0 Å². The van der Waals surface area contributed by atoms with Gasteiger partial charge in [-0.05, 0) is 59.6 Å². The van der Waals surface area contributed by atoms with Crippen molar-refractivity contribution in [3.05, 3.63) is 100 Å². The number of nitrogens with zero attached hydrogens (tertiary/aromatic N) is 7. The molecule has 0 spiro atoms. The van der Waals surface area contributed by atoms with E-state index in [1.165, 1.54) is 0 Å². The first-order chi connectivity index (χ1) is 20.5. The summed E-state index contributed by atoms with van der Waals surface area (Å²) in [5.74, 6) is 1.35. The molecule has 0 bridgehead atoms. The molecule has 5 aromatic rings. The van der Waals surface area contributed by atoms with Gasteiger partial charge in [-0.25, -0.2) is 4.98 Å². The molecule has 0 aliphatic heterocycles. The van der Waals surface area contributed by atoms with Gasteiger partial charge in [0.25, 0.3) is 0 Å². The van der Waals surface area contributed by atoms with E-state index < -0.39 is 6.10 Å². The summed E-state index contributed by atoms with van der Waals surface area (Å²) in [4.78, 5) is 11.8. The maximum atomic E-state index is 11.7. The molecule has 0 fully saturated rings. The average Bonchev–Trinajstić information content (AvgIpc) is 3.67. The molecule has 5 rings (SSSR count). The number of hydrogen-bond donors (Lipinski definition) is 2. The number of rotatable bonds is 13. The fraction of sp³-hybridized carbons (Fsp3) is 0.344. The molecule has 0 saturated carbocycles. The van der Waals surface area contributed by atoms with Crippen LogP contribution in [0.15, 0.2) is 66.7 Å². The van der Waals surface area contributed by atoms with Crippen molar-refractivity contribution < 1.29 is 5.11 Å². The topological polar surface area (TPSA) is 109 Å². The van der Waals surface area contributed by atoms with Crippen molar-refractivity contribution in [3.8, 4) is 22.5 Å². The lowest BCUT2D eigenvalue weighted by molar-refractivity contribution is 0.204. The molecule has 3 heterocycles. The molecular formula is C32H37ClN8O. The number of pyridine rings is 1. The second-order valence-corrected chi connectivity index (χ2v) is 10.7. The van der Waals surface area contributed by atoms with Crippen molar-refractivity contribution in [2.75, 3.05) is 13.1 Å². The summed E-state index contributed by atoms with van der Waals surface area (Å²) in [7, 11) is 0. The smallest absolute Gasteiger partial charge is 0.205 e. The van der Waals surface area contributed by atoms with Gasteiger partial charge in [0.05, 0.1) is 17.1 Å². The van der Waals surface area contributed by atoms with Crippen molar-refractivity contribution >= 4 is 11.6 Å². The van der Waals surface area contributed by atoms with Gasteiger partial charge in [0.2, 0.25) is 5.82 Å². The van der Waals surface area contributed by atoms with E-state index >= 15 is 0 Å². The number of aromatic nitrogens is 7. The monoisotopic (exact) mass is 584 g/mol. The zero-order chi connectivity index (χ0) is 29.5. The molecule has 0 amide bonds. The molecule has 0 aliphatic carbocycles. The van der Waals surface area contributed by atoms with Crippen LogP contribution in [0.3, 0.4) is 0 Å². The van der Waals surface area contributed by atoms with Crippen LogP contribution < -0.4 is 0 Å². The highest BCUT2D eigenvalue weighted by atomic mass is 35.5. The average molecular weight is 585 g/mol. The minimum atomic E-state index is -1.03. The van der Waals surface area contributed by atoms with Crippen LogP contribution in [0, 0.1) is 0 Å². The summed E-state index contributed by atoms with van der Waals surface area (Å²) < 4.78 is 2.04. The first kappa shape index (κ1) is 29.6. The highest BCUT2D eigenvalue weighted by Crippen LogP contribution is 2.33. The lowest BCUT2D eigenvalue weighted by Gasteiger charge is -2.20. The Morgan fingerprint density at radius 1 is 0.952 bits per heavy atom. The van der Waals surface area contributed by atoms with Crippen LogP contribution in [-0.2, 0) is 19.5 Å². The first-order valence-corrected chi connectivity index (χ1v) is 14.9. The molecule has 1 unspecified atom stereocenters. The van der Waals surface area contributed by atoms with Crippen LogP contribution in [0.25, 0.3) is 22.5 Å². The molecule has 3 aromatic heterocycles. The third-order valence-corrected chi connectivity index (χ3v) is 7.82. The van der Waals surface area contributed by atoms with Gasteiger partial charge in [-0.1, -0.05) is 87.3 Å². The summed E-state index contributed by atoms with van der Waals surface area (Å²) in [6.45, 7) is 9.46.